The number of carboxylic acids is 1. The zero-order valence-corrected chi connectivity index (χ0v) is 16.1. The monoisotopic (exact) mass is 363 g/mol. The van der Waals surface area contributed by atoms with E-state index in [1.54, 1.807) is 52.0 Å². The van der Waals surface area contributed by atoms with Crippen LogP contribution in [0, 0.1) is 11.8 Å². The van der Waals surface area contributed by atoms with Gasteiger partial charge in [0.05, 0.1) is 6.04 Å². The number of ether oxygens (including phenoxy) is 1. The predicted molar refractivity (Wildman–Crippen MR) is 98.9 cm³/mol. The van der Waals surface area contributed by atoms with Gasteiger partial charge in [-0.15, -0.1) is 0 Å². The molecular weight excluding hydrogens is 334 g/mol. The summed E-state index contributed by atoms with van der Waals surface area (Å²) in [5, 5.41) is 12.1. The molecule has 0 aliphatic heterocycles. The molecule has 0 saturated carbocycles. The number of nitrogens with one attached hydrogen (secondary N) is 1. The summed E-state index contributed by atoms with van der Waals surface area (Å²) in [7, 11) is 0. The molecule has 26 heavy (non-hydrogen) atoms. The highest BCUT2D eigenvalue weighted by Crippen LogP contribution is 2.18. The molecule has 1 rings (SSSR count). The lowest BCUT2D eigenvalue weighted by atomic mass is 9.85. The van der Waals surface area contributed by atoms with Crippen LogP contribution in [0.1, 0.15) is 46.6 Å². The highest BCUT2D eigenvalue weighted by Gasteiger charge is 2.36. The van der Waals surface area contributed by atoms with Crippen molar-refractivity contribution in [2.45, 2.75) is 59.1 Å². The Kier molecular flexibility index (Phi) is 7.80. The molecule has 1 aromatic rings. The molecule has 2 N–H and O–H groups in total. The van der Waals surface area contributed by atoms with Crippen molar-refractivity contribution in [3.8, 4) is 0 Å². The minimum atomic E-state index is -1.23. The third-order valence-corrected chi connectivity index (χ3v) is 4.12. The van der Waals surface area contributed by atoms with E-state index < -0.39 is 35.4 Å². The zero-order valence-electron chi connectivity index (χ0n) is 16.1. The van der Waals surface area contributed by atoms with Crippen molar-refractivity contribution in [3.63, 3.8) is 0 Å². The molecule has 144 valence electrons. The third-order valence-electron chi connectivity index (χ3n) is 4.12. The number of hydrogen-bond acceptors (Lipinski definition) is 4. The van der Waals surface area contributed by atoms with Crippen LogP contribution < -0.4 is 5.32 Å². The lowest BCUT2D eigenvalue weighted by Crippen LogP contribution is -2.50. The number of ketones is 1. The summed E-state index contributed by atoms with van der Waals surface area (Å²) in [6.45, 7) is 8.86. The lowest BCUT2D eigenvalue weighted by Gasteiger charge is -2.27. The van der Waals surface area contributed by atoms with Gasteiger partial charge in [-0.3, -0.25) is 9.59 Å². The number of hydrogen-bond donors (Lipinski definition) is 2. The lowest BCUT2D eigenvalue weighted by molar-refractivity contribution is -0.147. The largest absolute Gasteiger partial charge is 0.481 e. The second-order valence-corrected chi connectivity index (χ2v) is 7.49. The molecule has 0 aliphatic carbocycles. The van der Waals surface area contributed by atoms with Crippen LogP contribution in [-0.4, -0.2) is 34.6 Å². The highest BCUT2D eigenvalue weighted by molar-refractivity contribution is 6.02. The summed E-state index contributed by atoms with van der Waals surface area (Å²) in [6.07, 6.45) is -0.0260. The van der Waals surface area contributed by atoms with Gasteiger partial charge in [0.25, 0.3) is 0 Å². The van der Waals surface area contributed by atoms with E-state index in [0.29, 0.717) is 6.42 Å². The molecule has 0 fully saturated rings. The van der Waals surface area contributed by atoms with E-state index in [1.165, 1.54) is 0 Å². The Morgan fingerprint density at radius 1 is 1.15 bits per heavy atom. The average Bonchev–Trinajstić information content (AvgIpc) is 2.55. The van der Waals surface area contributed by atoms with E-state index >= 15 is 0 Å². The number of rotatable bonds is 8. The molecule has 0 radical (unpaired) electrons. The summed E-state index contributed by atoms with van der Waals surface area (Å²) in [5.74, 6) is -3.15. The summed E-state index contributed by atoms with van der Waals surface area (Å²) in [6, 6.07) is 8.06. The second kappa shape index (κ2) is 9.36. The van der Waals surface area contributed by atoms with Crippen LogP contribution in [0.15, 0.2) is 30.3 Å². The SMILES string of the molecule is CC[C@H](C)[C@@H](NC(=O)OC(C)(C)C)C(=O)C(Cc1ccccc1)C(=O)O. The van der Waals surface area contributed by atoms with E-state index in [0.717, 1.165) is 5.56 Å². The van der Waals surface area contributed by atoms with Crippen molar-refractivity contribution in [1.29, 1.82) is 0 Å². The molecule has 1 unspecified atom stereocenters. The zero-order chi connectivity index (χ0) is 19.9. The van der Waals surface area contributed by atoms with E-state index in [9.17, 15) is 19.5 Å². The van der Waals surface area contributed by atoms with Crippen LogP contribution in [0.5, 0.6) is 0 Å². The number of alkyl carbamates (subject to hydrolysis) is 1. The van der Waals surface area contributed by atoms with Crippen LogP contribution in [-0.2, 0) is 20.7 Å². The third kappa shape index (κ3) is 6.86. The summed E-state index contributed by atoms with van der Waals surface area (Å²) in [5.41, 5.74) is 0.0528. The molecule has 1 amide bonds. The van der Waals surface area contributed by atoms with Gasteiger partial charge in [0.2, 0.25) is 0 Å². The van der Waals surface area contributed by atoms with E-state index in [4.69, 9.17) is 4.74 Å². The van der Waals surface area contributed by atoms with Crippen LogP contribution in [0.25, 0.3) is 0 Å². The molecule has 0 bridgehead atoms. The number of carboxylic acid groups (broad SMARTS) is 1. The quantitative estimate of drug-likeness (QED) is 0.690. The highest BCUT2D eigenvalue weighted by atomic mass is 16.6. The minimum Gasteiger partial charge on any atom is -0.481 e. The Hall–Kier alpha value is -2.37. The van der Waals surface area contributed by atoms with Gasteiger partial charge in [-0.05, 0) is 38.7 Å². The van der Waals surface area contributed by atoms with Crippen LogP contribution in [0.3, 0.4) is 0 Å². The first-order valence-corrected chi connectivity index (χ1v) is 8.85. The summed E-state index contributed by atoms with van der Waals surface area (Å²) >= 11 is 0. The maximum atomic E-state index is 12.9. The number of carbonyl (C=O) groups excluding carboxylic acids is 2. The number of aliphatic carboxylic acids is 1. The minimum absolute atomic E-state index is 0.0813. The van der Waals surface area contributed by atoms with Gasteiger partial charge in [-0.1, -0.05) is 50.6 Å². The molecule has 6 nitrogen and oxygen atoms in total. The topological polar surface area (TPSA) is 92.7 Å². The Morgan fingerprint density at radius 2 is 1.73 bits per heavy atom. The fourth-order valence-electron chi connectivity index (χ4n) is 2.54. The molecule has 6 heteroatoms. The Bertz CT molecular complexity index is 621. The van der Waals surface area contributed by atoms with Crippen molar-refractivity contribution in [2.24, 2.45) is 11.8 Å². The van der Waals surface area contributed by atoms with Crippen molar-refractivity contribution in [3.05, 3.63) is 35.9 Å². The van der Waals surface area contributed by atoms with Gasteiger partial charge >= 0.3 is 12.1 Å². The van der Waals surface area contributed by atoms with E-state index in [2.05, 4.69) is 5.32 Å². The predicted octanol–water partition coefficient (Wildman–Crippen LogP) is 3.44. The molecule has 1 aromatic carbocycles. The number of Topliss-reactive ketones (excluding diaryl/α,β-unsaturated/α-hetero) is 1. The smallest absolute Gasteiger partial charge is 0.408 e. The normalized spacial score (nSPS) is 14.8. The van der Waals surface area contributed by atoms with Crippen molar-refractivity contribution in [2.75, 3.05) is 0 Å². The molecule has 0 heterocycles. The van der Waals surface area contributed by atoms with E-state index in [-0.39, 0.29) is 12.3 Å². The first-order chi connectivity index (χ1) is 12.0. The Morgan fingerprint density at radius 3 is 2.19 bits per heavy atom. The second-order valence-electron chi connectivity index (χ2n) is 7.49. The number of benzene rings is 1. The van der Waals surface area contributed by atoms with Crippen molar-refractivity contribution in [1.82, 2.24) is 5.32 Å². The maximum absolute atomic E-state index is 12.9. The molecule has 0 aromatic heterocycles. The van der Waals surface area contributed by atoms with Crippen molar-refractivity contribution < 1.29 is 24.2 Å². The summed E-state index contributed by atoms with van der Waals surface area (Å²) < 4.78 is 5.22. The van der Waals surface area contributed by atoms with Crippen molar-refractivity contribution >= 4 is 17.8 Å². The molecule has 0 saturated heterocycles. The van der Waals surface area contributed by atoms with Gasteiger partial charge in [-0.2, -0.15) is 0 Å². The summed E-state index contributed by atoms with van der Waals surface area (Å²) in [4.78, 5) is 36.8. The molecule has 0 spiro atoms. The van der Waals surface area contributed by atoms with Gasteiger partial charge < -0.3 is 15.2 Å². The van der Waals surface area contributed by atoms with Crippen LogP contribution in [0.4, 0.5) is 4.79 Å². The fraction of sp³-hybridized carbons (Fsp3) is 0.550. The number of carbonyl (C=O) groups is 3. The number of amides is 1. The van der Waals surface area contributed by atoms with Gasteiger partial charge in [-0.25, -0.2) is 4.79 Å². The first kappa shape index (κ1) is 21.7. The van der Waals surface area contributed by atoms with Gasteiger partial charge in [0.15, 0.2) is 5.78 Å². The van der Waals surface area contributed by atoms with Crippen LogP contribution >= 0.6 is 0 Å². The Labute approximate surface area is 154 Å². The molecule has 0 aliphatic rings. The maximum Gasteiger partial charge on any atom is 0.408 e. The van der Waals surface area contributed by atoms with Crippen LogP contribution in [0.2, 0.25) is 0 Å². The molecule has 3 atom stereocenters. The molecular formula is C20H29NO5. The average molecular weight is 363 g/mol. The Balaban J connectivity index is 3.00. The van der Waals surface area contributed by atoms with Gasteiger partial charge in [0.1, 0.15) is 11.5 Å². The fourth-order valence-corrected chi connectivity index (χ4v) is 2.54. The van der Waals surface area contributed by atoms with E-state index in [1.807, 2.05) is 13.0 Å². The first-order valence-electron chi connectivity index (χ1n) is 8.85. The standard InChI is InChI=1S/C20H29NO5/c1-6-13(2)16(21-19(25)26-20(3,4)5)17(22)15(18(23)24)12-14-10-8-7-9-11-14/h7-11,13,15-16H,6,12H2,1-5H3,(H,21,25)(H,23,24)/t13-,15?,16+/m0/s1. The van der Waals surface area contributed by atoms with Gasteiger partial charge in [0, 0.05) is 0 Å².